The highest BCUT2D eigenvalue weighted by atomic mass is 16.7. The number of hydrogen-bond donors (Lipinski definition) is 0. The molecule has 9 heteroatoms. The van der Waals surface area contributed by atoms with Gasteiger partial charge in [-0.25, -0.2) is 9.59 Å². The first-order chi connectivity index (χ1) is 20.0. The first-order valence-electron chi connectivity index (χ1n) is 12.9. The number of methoxy groups -OCH3 is 1. The highest BCUT2D eigenvalue weighted by Gasteiger charge is 2.39. The van der Waals surface area contributed by atoms with Crippen LogP contribution in [0.1, 0.15) is 37.8 Å². The largest absolute Gasteiger partial charge is 0.497 e. The van der Waals surface area contributed by atoms with Crippen LogP contribution in [0.3, 0.4) is 0 Å². The van der Waals surface area contributed by atoms with Gasteiger partial charge in [0.15, 0.2) is 0 Å². The Kier molecular flexibility index (Phi) is 6.68. The Hall–Kier alpha value is -5.44. The maximum atomic E-state index is 13.5. The van der Waals surface area contributed by atoms with Gasteiger partial charge in [-0.15, -0.1) is 0 Å². The molecule has 0 atom stereocenters. The van der Waals surface area contributed by atoms with Crippen molar-refractivity contribution in [2.45, 2.75) is 5.92 Å². The molecule has 2 aliphatic rings. The lowest BCUT2D eigenvalue weighted by Gasteiger charge is -2.24. The normalized spacial score (nSPS) is 13.3. The van der Waals surface area contributed by atoms with Crippen molar-refractivity contribution in [1.82, 2.24) is 5.06 Å². The number of amides is 3. The van der Waals surface area contributed by atoms with Crippen molar-refractivity contribution in [1.29, 1.82) is 0 Å². The van der Waals surface area contributed by atoms with E-state index in [1.54, 1.807) is 36.4 Å². The zero-order valence-corrected chi connectivity index (χ0v) is 22.0. The number of fused-ring (bicyclic) bond motifs is 4. The van der Waals surface area contributed by atoms with Crippen LogP contribution in [-0.2, 0) is 14.4 Å². The standard InChI is InChI=1S/C32H24N2O7/c1-39-21-10-8-9-20(17-21)33(18-29(35)41-34-30(36)26-15-6-7-16-27(26)31(34)37)32(38)40-19-28-24-13-4-2-11-22(24)23-12-3-5-14-25(23)28/h2-17,28H,18-19H2,1H3. The Balaban J connectivity index is 1.22. The van der Waals surface area contributed by atoms with Gasteiger partial charge in [-0.1, -0.05) is 71.8 Å². The zero-order chi connectivity index (χ0) is 28.5. The number of anilines is 1. The predicted octanol–water partition coefficient (Wildman–Crippen LogP) is 5.21. The quantitative estimate of drug-likeness (QED) is 0.292. The van der Waals surface area contributed by atoms with E-state index in [4.69, 9.17) is 14.3 Å². The van der Waals surface area contributed by atoms with Crippen molar-refractivity contribution in [3.63, 3.8) is 0 Å². The summed E-state index contributed by atoms with van der Waals surface area (Å²) < 4.78 is 11.1. The summed E-state index contributed by atoms with van der Waals surface area (Å²) >= 11 is 0. The van der Waals surface area contributed by atoms with E-state index in [0.29, 0.717) is 16.5 Å². The van der Waals surface area contributed by atoms with E-state index in [2.05, 4.69) is 0 Å². The average Bonchev–Trinajstić information content (AvgIpc) is 3.46. The summed E-state index contributed by atoms with van der Waals surface area (Å²) in [5.74, 6) is -2.26. The first kappa shape index (κ1) is 25.8. The van der Waals surface area contributed by atoms with E-state index in [9.17, 15) is 19.2 Å². The number of carbonyl (C=O) groups is 4. The smallest absolute Gasteiger partial charge is 0.414 e. The fraction of sp³-hybridized carbons (Fsp3) is 0.125. The molecule has 204 valence electrons. The molecule has 0 N–H and O–H groups in total. The van der Waals surface area contributed by atoms with Gasteiger partial charge in [0.25, 0.3) is 11.8 Å². The van der Waals surface area contributed by atoms with E-state index in [1.807, 2.05) is 48.5 Å². The molecule has 0 spiro atoms. The molecule has 3 amide bonds. The number of benzene rings is 4. The van der Waals surface area contributed by atoms with E-state index in [-0.39, 0.29) is 23.7 Å². The molecule has 0 unspecified atom stereocenters. The van der Waals surface area contributed by atoms with Crippen molar-refractivity contribution in [2.75, 3.05) is 25.2 Å². The van der Waals surface area contributed by atoms with Crippen LogP contribution in [0, 0.1) is 0 Å². The maximum absolute atomic E-state index is 13.5. The van der Waals surface area contributed by atoms with Crippen LogP contribution in [0.15, 0.2) is 97.1 Å². The Bertz CT molecular complexity index is 1620. The summed E-state index contributed by atoms with van der Waals surface area (Å²) in [5, 5.41) is 0.411. The van der Waals surface area contributed by atoms with Crippen LogP contribution in [0.4, 0.5) is 10.5 Å². The minimum absolute atomic E-state index is 0.0286. The highest BCUT2D eigenvalue weighted by molar-refractivity contribution is 6.21. The number of rotatable bonds is 7. The maximum Gasteiger partial charge on any atom is 0.414 e. The van der Waals surface area contributed by atoms with E-state index in [0.717, 1.165) is 27.2 Å². The predicted molar refractivity (Wildman–Crippen MR) is 148 cm³/mol. The highest BCUT2D eigenvalue weighted by Crippen LogP contribution is 2.44. The van der Waals surface area contributed by atoms with Crippen LogP contribution >= 0.6 is 0 Å². The Morgan fingerprint density at radius 3 is 1.90 bits per heavy atom. The van der Waals surface area contributed by atoms with E-state index >= 15 is 0 Å². The molecule has 4 aromatic carbocycles. The molecule has 4 aromatic rings. The average molecular weight is 549 g/mol. The van der Waals surface area contributed by atoms with E-state index in [1.165, 1.54) is 19.2 Å². The van der Waals surface area contributed by atoms with Crippen LogP contribution in [0.2, 0.25) is 0 Å². The number of carbonyl (C=O) groups excluding carboxylic acids is 4. The van der Waals surface area contributed by atoms with Gasteiger partial charge in [-0.05, 0) is 46.5 Å². The topological polar surface area (TPSA) is 102 Å². The van der Waals surface area contributed by atoms with Gasteiger partial charge < -0.3 is 14.3 Å². The molecule has 1 aliphatic carbocycles. The van der Waals surface area contributed by atoms with Gasteiger partial charge in [-0.2, -0.15) is 0 Å². The van der Waals surface area contributed by atoms with Gasteiger partial charge in [0.1, 0.15) is 18.9 Å². The van der Waals surface area contributed by atoms with Crippen molar-refractivity contribution >= 4 is 29.6 Å². The third-order valence-corrected chi connectivity index (χ3v) is 7.16. The molecular weight excluding hydrogens is 524 g/mol. The number of ether oxygens (including phenoxy) is 2. The molecule has 1 heterocycles. The number of imide groups is 1. The van der Waals surface area contributed by atoms with Crippen molar-refractivity contribution in [2.24, 2.45) is 0 Å². The second-order valence-electron chi connectivity index (χ2n) is 9.51. The molecule has 41 heavy (non-hydrogen) atoms. The first-order valence-corrected chi connectivity index (χ1v) is 12.9. The minimum atomic E-state index is -1.00. The molecule has 6 rings (SSSR count). The molecule has 1 aliphatic heterocycles. The number of nitrogens with zero attached hydrogens (tertiary/aromatic N) is 2. The van der Waals surface area contributed by atoms with Gasteiger partial charge >= 0.3 is 12.1 Å². The molecule has 0 fully saturated rings. The molecule has 0 saturated carbocycles. The summed E-state index contributed by atoms with van der Waals surface area (Å²) in [6.07, 6.45) is -0.806. The van der Waals surface area contributed by atoms with Crippen LogP contribution in [-0.4, -0.2) is 49.2 Å². The fourth-order valence-corrected chi connectivity index (χ4v) is 5.22. The summed E-state index contributed by atoms with van der Waals surface area (Å²) in [7, 11) is 1.48. The van der Waals surface area contributed by atoms with Crippen LogP contribution < -0.4 is 9.64 Å². The molecule has 0 bridgehead atoms. The third kappa shape index (κ3) is 4.67. The number of hydrogen-bond acceptors (Lipinski definition) is 7. The third-order valence-electron chi connectivity index (χ3n) is 7.16. The molecule has 9 nitrogen and oxygen atoms in total. The monoisotopic (exact) mass is 548 g/mol. The minimum Gasteiger partial charge on any atom is -0.497 e. The van der Waals surface area contributed by atoms with E-state index < -0.39 is 30.4 Å². The van der Waals surface area contributed by atoms with Crippen molar-refractivity contribution in [3.8, 4) is 16.9 Å². The van der Waals surface area contributed by atoms with Gasteiger partial charge in [-0.3, -0.25) is 14.5 Å². The Morgan fingerprint density at radius 2 is 1.32 bits per heavy atom. The Labute approximate surface area is 235 Å². The second kappa shape index (κ2) is 10.6. The lowest BCUT2D eigenvalue weighted by Crippen LogP contribution is -2.41. The lowest BCUT2D eigenvalue weighted by atomic mass is 9.98. The van der Waals surface area contributed by atoms with Crippen LogP contribution in [0.5, 0.6) is 5.75 Å². The lowest BCUT2D eigenvalue weighted by molar-refractivity contribution is -0.166. The SMILES string of the molecule is COc1cccc(N(CC(=O)ON2C(=O)c3ccccc3C2=O)C(=O)OCC2c3ccccc3-c3ccccc32)c1. The van der Waals surface area contributed by atoms with Gasteiger partial charge in [0.2, 0.25) is 0 Å². The molecule has 0 saturated heterocycles. The molecular formula is C32H24N2O7. The van der Waals surface area contributed by atoms with Crippen LogP contribution in [0.25, 0.3) is 11.1 Å². The summed E-state index contributed by atoms with van der Waals surface area (Å²) in [6, 6.07) is 28.6. The summed E-state index contributed by atoms with van der Waals surface area (Å²) in [6.45, 7) is -0.599. The van der Waals surface area contributed by atoms with Crippen molar-refractivity contribution < 1.29 is 33.5 Å². The Morgan fingerprint density at radius 1 is 0.756 bits per heavy atom. The molecule has 0 aromatic heterocycles. The summed E-state index contributed by atoms with van der Waals surface area (Å²) in [4.78, 5) is 58.1. The fourth-order valence-electron chi connectivity index (χ4n) is 5.22. The van der Waals surface area contributed by atoms with Gasteiger partial charge in [0, 0.05) is 12.0 Å². The zero-order valence-electron chi connectivity index (χ0n) is 22.0. The summed E-state index contributed by atoms with van der Waals surface area (Å²) in [5.41, 5.74) is 4.81. The van der Waals surface area contributed by atoms with Crippen molar-refractivity contribution in [3.05, 3.63) is 119 Å². The second-order valence-corrected chi connectivity index (χ2v) is 9.51. The number of hydroxylamine groups is 2. The van der Waals surface area contributed by atoms with Gasteiger partial charge in [0.05, 0.1) is 23.9 Å². The molecule has 0 radical (unpaired) electrons.